The van der Waals surface area contributed by atoms with Crippen LogP contribution in [0.4, 0.5) is 0 Å². The second-order valence-corrected chi connectivity index (χ2v) is 7.91. The van der Waals surface area contributed by atoms with Crippen molar-refractivity contribution >= 4 is 33.7 Å². The van der Waals surface area contributed by atoms with Crippen molar-refractivity contribution in [1.82, 2.24) is 4.31 Å². The lowest BCUT2D eigenvalue weighted by Gasteiger charge is -2.27. The molecular weight excluding hydrogens is 376 g/mol. The molecule has 0 heterocycles. The summed E-state index contributed by atoms with van der Waals surface area (Å²) in [6.07, 6.45) is 3.58. The van der Waals surface area contributed by atoms with Crippen LogP contribution in [0.2, 0.25) is 0 Å². The molecule has 0 amide bonds. The minimum atomic E-state index is -3.96. The number of nitrogens with zero attached hydrogens (tertiary/aromatic N) is 2. The molecule has 0 bridgehead atoms. The Kier molecular flexibility index (Phi) is 6.22. The zero-order chi connectivity index (χ0) is 19.3. The van der Waals surface area contributed by atoms with E-state index in [0.29, 0.717) is 11.3 Å². The normalized spacial score (nSPS) is 17.5. The van der Waals surface area contributed by atoms with Crippen molar-refractivity contribution in [2.75, 3.05) is 7.11 Å². The molecule has 0 saturated heterocycles. The quantitative estimate of drug-likeness (QED) is 0.386. The summed E-state index contributed by atoms with van der Waals surface area (Å²) in [6, 6.07) is 6.88. The zero-order valence-corrected chi connectivity index (χ0v) is 15.7. The highest BCUT2D eigenvalue weighted by Crippen LogP contribution is 2.25. The summed E-state index contributed by atoms with van der Waals surface area (Å²) in [5.74, 6) is 0.463. The molecule has 0 saturated carbocycles. The first-order valence-electron chi connectivity index (χ1n) is 7.58. The Hall–Kier alpha value is -2.59. The van der Waals surface area contributed by atoms with Gasteiger partial charge in [-0.05, 0) is 36.0 Å². The topological polar surface area (TPSA) is 131 Å². The lowest BCUT2D eigenvalue weighted by Crippen LogP contribution is -2.41. The summed E-state index contributed by atoms with van der Waals surface area (Å²) in [7, 11) is -2.42. The average molecular weight is 396 g/mol. The van der Waals surface area contributed by atoms with Gasteiger partial charge in [0, 0.05) is 6.42 Å². The monoisotopic (exact) mass is 396 g/mol. The summed E-state index contributed by atoms with van der Waals surface area (Å²) in [5, 5.41) is 8.60. The summed E-state index contributed by atoms with van der Waals surface area (Å²) >= 11 is 5.11. The van der Waals surface area contributed by atoms with Gasteiger partial charge in [-0.3, -0.25) is 0 Å². The lowest BCUT2D eigenvalue weighted by atomic mass is 10.1. The molecule has 1 aliphatic carbocycles. The van der Waals surface area contributed by atoms with Gasteiger partial charge in [0.15, 0.2) is 0 Å². The minimum absolute atomic E-state index is 0.0349. The summed E-state index contributed by atoms with van der Waals surface area (Å²) in [5.41, 5.74) is 11.7. The third-order valence-electron chi connectivity index (χ3n) is 3.79. The van der Waals surface area contributed by atoms with Gasteiger partial charge in [0.05, 0.1) is 25.7 Å². The van der Waals surface area contributed by atoms with Crippen LogP contribution in [0.1, 0.15) is 12.0 Å². The van der Waals surface area contributed by atoms with E-state index in [4.69, 9.17) is 28.4 Å². The number of allylic oxidation sites excluding steroid dienone is 2. The number of hydrogen-bond acceptors (Lipinski definition) is 6. The fraction of sp³-hybridized carbons (Fsp3) is 0.250. The molecule has 2 rings (SSSR count). The highest BCUT2D eigenvalue weighted by atomic mass is 32.2. The van der Waals surface area contributed by atoms with E-state index in [0.717, 1.165) is 10.6 Å². The Bertz CT molecular complexity index is 861. The number of rotatable bonds is 5. The standard InChI is InChI=1S/C16H20N4O4S2/c1-24-12-4-2-11(3-5-12)9-20(16(25)19-10-17)26(22,23)13-6-7-14(18)15(21)8-13/h2-7,10,13,21H,8-9,18H2,1H3,(H2,17,19,25). The second kappa shape index (κ2) is 8.19. The van der Waals surface area contributed by atoms with Gasteiger partial charge in [0.2, 0.25) is 15.1 Å². The van der Waals surface area contributed by atoms with Crippen LogP contribution in [-0.4, -0.2) is 41.6 Å². The van der Waals surface area contributed by atoms with Crippen molar-refractivity contribution in [3.05, 3.63) is 53.4 Å². The van der Waals surface area contributed by atoms with Crippen molar-refractivity contribution in [2.45, 2.75) is 18.2 Å². The number of methoxy groups -OCH3 is 1. The number of aliphatic hydroxyl groups excluding tert-OH is 1. The third-order valence-corrected chi connectivity index (χ3v) is 6.24. The number of ether oxygens (including phenoxy) is 1. The van der Waals surface area contributed by atoms with E-state index in [1.165, 1.54) is 19.3 Å². The number of hydrogen-bond donors (Lipinski definition) is 3. The molecule has 0 spiro atoms. The van der Waals surface area contributed by atoms with E-state index in [9.17, 15) is 13.5 Å². The van der Waals surface area contributed by atoms with Crippen molar-refractivity contribution in [1.29, 1.82) is 0 Å². The van der Waals surface area contributed by atoms with E-state index >= 15 is 0 Å². The number of nitrogens with two attached hydrogens (primary N) is 2. The molecule has 0 fully saturated rings. The van der Waals surface area contributed by atoms with Gasteiger partial charge in [-0.2, -0.15) is 0 Å². The molecule has 1 aliphatic rings. The molecular formula is C16H20N4O4S2. The van der Waals surface area contributed by atoms with Gasteiger partial charge in [-0.1, -0.05) is 18.2 Å². The summed E-state index contributed by atoms with van der Waals surface area (Å²) < 4.78 is 32.2. The van der Waals surface area contributed by atoms with E-state index in [1.54, 1.807) is 24.3 Å². The van der Waals surface area contributed by atoms with Crippen LogP contribution in [0, 0.1) is 0 Å². The highest BCUT2D eigenvalue weighted by molar-refractivity contribution is 7.92. The van der Waals surface area contributed by atoms with Crippen LogP contribution in [0.25, 0.3) is 0 Å². The van der Waals surface area contributed by atoms with Crippen LogP contribution < -0.4 is 16.2 Å². The van der Waals surface area contributed by atoms with Gasteiger partial charge in [0.25, 0.3) is 0 Å². The SMILES string of the molecule is COc1ccc(CN(C(=S)/N=C\N)S(=O)(=O)C2C=CC(N)=C(O)C2)cc1. The fourth-order valence-electron chi connectivity index (χ4n) is 2.34. The predicted molar refractivity (Wildman–Crippen MR) is 104 cm³/mol. The predicted octanol–water partition coefficient (Wildman–Crippen LogP) is 1.16. The molecule has 5 N–H and O–H groups in total. The lowest BCUT2D eigenvalue weighted by molar-refractivity contribution is 0.378. The van der Waals surface area contributed by atoms with E-state index < -0.39 is 15.3 Å². The number of aliphatic imine (C=N–C) groups is 1. The Labute approximate surface area is 157 Å². The third kappa shape index (κ3) is 4.33. The first-order valence-corrected chi connectivity index (χ1v) is 9.49. The van der Waals surface area contributed by atoms with Crippen LogP contribution >= 0.6 is 12.2 Å². The molecule has 0 aliphatic heterocycles. The molecule has 0 aromatic heterocycles. The highest BCUT2D eigenvalue weighted by Gasteiger charge is 2.34. The van der Waals surface area contributed by atoms with Gasteiger partial charge >= 0.3 is 0 Å². The van der Waals surface area contributed by atoms with Gasteiger partial charge in [-0.15, -0.1) is 0 Å². The molecule has 0 radical (unpaired) electrons. The smallest absolute Gasteiger partial charge is 0.244 e. The molecule has 1 atom stereocenters. The number of sulfonamides is 1. The number of thiocarbonyl (C=S) groups is 1. The first-order chi connectivity index (χ1) is 12.3. The summed E-state index contributed by atoms with van der Waals surface area (Å²) in [4.78, 5) is 3.73. The van der Waals surface area contributed by atoms with Gasteiger partial charge in [0.1, 0.15) is 16.8 Å². The molecule has 10 heteroatoms. The van der Waals surface area contributed by atoms with Crippen LogP contribution in [0.5, 0.6) is 5.75 Å². The average Bonchev–Trinajstić information content (AvgIpc) is 2.62. The van der Waals surface area contributed by atoms with E-state index in [-0.39, 0.29) is 29.5 Å². The fourth-order valence-corrected chi connectivity index (χ4v) is 4.35. The van der Waals surface area contributed by atoms with Crippen LogP contribution in [0.3, 0.4) is 0 Å². The Balaban J connectivity index is 2.34. The Morgan fingerprint density at radius 2 is 2.12 bits per heavy atom. The molecule has 140 valence electrons. The van der Waals surface area contributed by atoms with E-state index in [1.807, 2.05) is 0 Å². The summed E-state index contributed by atoms with van der Waals surface area (Å²) in [6.45, 7) is -0.0349. The minimum Gasteiger partial charge on any atom is -0.510 e. The van der Waals surface area contributed by atoms with Crippen molar-refractivity contribution in [3.63, 3.8) is 0 Å². The van der Waals surface area contributed by atoms with Gasteiger partial charge in [-0.25, -0.2) is 17.7 Å². The molecule has 8 nitrogen and oxygen atoms in total. The molecule has 1 aromatic rings. The second-order valence-electron chi connectivity index (χ2n) is 5.46. The molecule has 1 unspecified atom stereocenters. The zero-order valence-electron chi connectivity index (χ0n) is 14.1. The maximum absolute atomic E-state index is 13.1. The van der Waals surface area contributed by atoms with E-state index in [2.05, 4.69) is 4.99 Å². The number of benzene rings is 1. The van der Waals surface area contributed by atoms with Crippen LogP contribution in [-0.2, 0) is 16.6 Å². The molecule has 26 heavy (non-hydrogen) atoms. The Morgan fingerprint density at radius 1 is 1.46 bits per heavy atom. The van der Waals surface area contributed by atoms with Crippen molar-refractivity contribution in [3.8, 4) is 5.75 Å². The van der Waals surface area contributed by atoms with Crippen LogP contribution in [0.15, 0.2) is 52.9 Å². The first kappa shape index (κ1) is 19.7. The molecule has 1 aromatic carbocycles. The van der Waals surface area contributed by atoms with Crippen molar-refractivity contribution < 1.29 is 18.3 Å². The Morgan fingerprint density at radius 3 is 2.65 bits per heavy atom. The van der Waals surface area contributed by atoms with Crippen molar-refractivity contribution in [2.24, 2.45) is 16.5 Å². The van der Waals surface area contributed by atoms with Gasteiger partial charge < -0.3 is 21.3 Å². The number of aliphatic hydroxyl groups is 1. The maximum atomic E-state index is 13.1. The largest absolute Gasteiger partial charge is 0.510 e. The maximum Gasteiger partial charge on any atom is 0.244 e.